The molecule has 1 aromatic carbocycles. The number of hydrogen-bond acceptors (Lipinski definition) is 4. The van der Waals surface area contributed by atoms with Crippen molar-refractivity contribution in [2.45, 2.75) is 25.7 Å². The first-order valence-electron chi connectivity index (χ1n) is 9.02. The first kappa shape index (κ1) is 18.4. The lowest BCUT2D eigenvalue weighted by Gasteiger charge is -2.29. The van der Waals surface area contributed by atoms with E-state index in [0.717, 1.165) is 37.7 Å². The van der Waals surface area contributed by atoms with Crippen LogP contribution in [0.3, 0.4) is 0 Å². The summed E-state index contributed by atoms with van der Waals surface area (Å²) in [4.78, 5) is 10.3. The third kappa shape index (κ3) is 4.14. The van der Waals surface area contributed by atoms with Crippen LogP contribution in [0, 0.1) is 0 Å². The highest BCUT2D eigenvalue weighted by Gasteiger charge is 2.32. The van der Waals surface area contributed by atoms with Gasteiger partial charge in [0.15, 0.2) is 0 Å². The summed E-state index contributed by atoms with van der Waals surface area (Å²) in [7, 11) is 0. The number of hydrogen-bond donors (Lipinski definition) is 1. The molecule has 144 valence electrons. The van der Waals surface area contributed by atoms with Crippen LogP contribution < -0.4 is 5.32 Å². The van der Waals surface area contributed by atoms with Crippen LogP contribution in [-0.4, -0.2) is 21.4 Å². The maximum atomic E-state index is 12.7. The van der Waals surface area contributed by atoms with Crippen LogP contribution in [0.1, 0.15) is 22.4 Å². The Morgan fingerprint density at radius 3 is 2.54 bits per heavy atom. The van der Waals surface area contributed by atoms with Gasteiger partial charge in [0, 0.05) is 31.4 Å². The largest absolute Gasteiger partial charge is 0.433 e. The molecule has 0 fully saturated rings. The second kappa shape index (κ2) is 7.59. The molecule has 0 atom stereocenters. The molecule has 0 saturated heterocycles. The van der Waals surface area contributed by atoms with Gasteiger partial charge < -0.3 is 5.32 Å². The minimum atomic E-state index is -4.44. The summed E-state index contributed by atoms with van der Waals surface area (Å²) in [5, 5.41) is 3.12. The fourth-order valence-electron chi connectivity index (χ4n) is 3.41. The van der Waals surface area contributed by atoms with E-state index in [2.05, 4.69) is 32.3 Å². The molecule has 28 heavy (non-hydrogen) atoms. The molecule has 4 rings (SSSR count). The van der Waals surface area contributed by atoms with Crippen molar-refractivity contribution in [2.24, 2.45) is 0 Å². The fourth-order valence-corrected chi connectivity index (χ4v) is 3.41. The van der Waals surface area contributed by atoms with Crippen LogP contribution in [0.25, 0.3) is 0 Å². The van der Waals surface area contributed by atoms with Crippen LogP contribution in [0.5, 0.6) is 0 Å². The minimum absolute atomic E-state index is 0.487. The van der Waals surface area contributed by atoms with Gasteiger partial charge in [0.05, 0.1) is 11.9 Å². The quantitative estimate of drug-likeness (QED) is 0.702. The van der Waals surface area contributed by atoms with E-state index in [1.807, 2.05) is 24.3 Å². The summed E-state index contributed by atoms with van der Waals surface area (Å²) < 4.78 is 38.0. The molecule has 1 aliphatic heterocycles. The number of rotatable bonds is 4. The molecule has 1 aliphatic rings. The van der Waals surface area contributed by atoms with Crippen LogP contribution >= 0.6 is 0 Å². The highest BCUT2D eigenvalue weighted by atomic mass is 19.4. The first-order chi connectivity index (χ1) is 13.5. The Hall–Kier alpha value is -2.93. The molecule has 3 aromatic rings. The highest BCUT2D eigenvalue weighted by Crippen LogP contribution is 2.30. The smallest absolute Gasteiger partial charge is 0.339 e. The number of benzene rings is 1. The first-order valence-corrected chi connectivity index (χ1v) is 9.02. The van der Waals surface area contributed by atoms with Crippen molar-refractivity contribution in [3.63, 3.8) is 0 Å². The van der Waals surface area contributed by atoms with Crippen LogP contribution in [-0.2, 0) is 25.7 Å². The molecular weight excluding hydrogens is 365 g/mol. The van der Waals surface area contributed by atoms with Crippen molar-refractivity contribution < 1.29 is 13.2 Å². The predicted molar refractivity (Wildman–Crippen MR) is 101 cm³/mol. The Morgan fingerprint density at radius 1 is 1.00 bits per heavy atom. The summed E-state index contributed by atoms with van der Waals surface area (Å²) in [6, 6.07) is 14.7. The number of nitrogens with one attached hydrogen (secondary N) is 1. The lowest BCUT2D eigenvalue weighted by Crippen LogP contribution is -2.30. The normalized spacial score (nSPS) is 14.5. The number of pyridine rings is 2. The molecule has 0 aliphatic carbocycles. The third-order valence-electron chi connectivity index (χ3n) is 4.79. The van der Waals surface area contributed by atoms with Crippen LogP contribution in [0.4, 0.5) is 24.7 Å². The van der Waals surface area contributed by atoms with Crippen molar-refractivity contribution in [3.8, 4) is 0 Å². The van der Waals surface area contributed by atoms with Crippen LogP contribution in [0.15, 0.2) is 60.9 Å². The molecule has 0 spiro atoms. The zero-order valence-electron chi connectivity index (χ0n) is 15.1. The van der Waals surface area contributed by atoms with E-state index >= 15 is 0 Å². The van der Waals surface area contributed by atoms with Gasteiger partial charge in [-0.2, -0.15) is 13.2 Å². The van der Waals surface area contributed by atoms with E-state index in [4.69, 9.17) is 0 Å². The van der Waals surface area contributed by atoms with Gasteiger partial charge in [-0.3, -0.25) is 4.90 Å². The predicted octanol–water partition coefficient (Wildman–Crippen LogP) is 4.80. The summed E-state index contributed by atoms with van der Waals surface area (Å²) >= 11 is 0. The van der Waals surface area contributed by atoms with Crippen molar-refractivity contribution in [1.29, 1.82) is 0 Å². The Kier molecular flexibility index (Phi) is 5.00. The van der Waals surface area contributed by atoms with Gasteiger partial charge in [0.25, 0.3) is 0 Å². The minimum Gasteiger partial charge on any atom is -0.339 e. The Balaban J connectivity index is 1.48. The zero-order valence-corrected chi connectivity index (χ0v) is 15.1. The lowest BCUT2D eigenvalue weighted by atomic mass is 10.00. The molecular formula is C21H19F3N4. The van der Waals surface area contributed by atoms with Crippen molar-refractivity contribution >= 4 is 11.5 Å². The number of aromatic nitrogens is 2. The van der Waals surface area contributed by atoms with E-state index in [1.54, 1.807) is 6.20 Å². The van der Waals surface area contributed by atoms with Crippen molar-refractivity contribution in [1.82, 2.24) is 14.9 Å². The molecule has 0 unspecified atom stereocenters. The zero-order chi connectivity index (χ0) is 19.6. The number of halogens is 3. The lowest BCUT2D eigenvalue weighted by molar-refractivity contribution is -0.141. The van der Waals surface area contributed by atoms with Gasteiger partial charge in [0.2, 0.25) is 0 Å². The monoisotopic (exact) mass is 384 g/mol. The van der Waals surface area contributed by atoms with Gasteiger partial charge in [-0.1, -0.05) is 30.3 Å². The standard InChI is InChI=1S/C21H19F3N4/c22-21(23,24)19-7-6-17(12-26-19)27-20-18-9-11-28(14-16(18)8-10-25-20)13-15-4-2-1-3-5-15/h1-8,10,12H,9,11,13-14H2,(H,25,27). The summed E-state index contributed by atoms with van der Waals surface area (Å²) in [5.41, 5.74) is 3.14. The second-order valence-corrected chi connectivity index (χ2v) is 6.80. The summed E-state index contributed by atoms with van der Waals surface area (Å²) in [6.07, 6.45) is -0.698. The Labute approximate surface area is 161 Å². The Morgan fingerprint density at radius 2 is 1.82 bits per heavy atom. The van der Waals surface area contributed by atoms with E-state index in [9.17, 15) is 13.2 Å². The van der Waals surface area contributed by atoms with Gasteiger partial charge >= 0.3 is 6.18 Å². The van der Waals surface area contributed by atoms with Crippen molar-refractivity contribution in [2.75, 3.05) is 11.9 Å². The average Bonchev–Trinajstić information content (AvgIpc) is 2.69. The highest BCUT2D eigenvalue weighted by molar-refractivity contribution is 5.60. The maximum absolute atomic E-state index is 12.7. The van der Waals surface area contributed by atoms with Gasteiger partial charge in [-0.05, 0) is 35.7 Å². The topological polar surface area (TPSA) is 41.1 Å². The fraction of sp³-hybridized carbons (Fsp3) is 0.238. The number of fused-ring (bicyclic) bond motifs is 1. The van der Waals surface area contributed by atoms with Gasteiger partial charge in [-0.15, -0.1) is 0 Å². The molecule has 7 heteroatoms. The van der Waals surface area contributed by atoms with Gasteiger partial charge in [0.1, 0.15) is 11.5 Å². The van der Waals surface area contributed by atoms with E-state index in [1.165, 1.54) is 23.4 Å². The molecule has 0 saturated carbocycles. The number of nitrogens with zero attached hydrogens (tertiary/aromatic N) is 3. The molecule has 4 nitrogen and oxygen atoms in total. The van der Waals surface area contributed by atoms with E-state index < -0.39 is 11.9 Å². The average molecular weight is 384 g/mol. The summed E-state index contributed by atoms with van der Waals surface area (Å²) in [6.45, 7) is 2.59. The Bertz CT molecular complexity index is 940. The molecule has 2 aromatic heterocycles. The number of anilines is 2. The molecule has 1 N–H and O–H groups in total. The molecule has 0 radical (unpaired) electrons. The molecule has 3 heterocycles. The van der Waals surface area contributed by atoms with Crippen molar-refractivity contribution in [3.05, 3.63) is 83.3 Å². The molecule has 0 bridgehead atoms. The van der Waals surface area contributed by atoms with E-state index in [-0.39, 0.29) is 0 Å². The third-order valence-corrected chi connectivity index (χ3v) is 4.79. The number of alkyl halides is 3. The summed E-state index contributed by atoms with van der Waals surface area (Å²) in [5.74, 6) is 0.679. The SMILES string of the molecule is FC(F)(F)c1ccc(Nc2nccc3c2CCN(Cc2ccccc2)C3)cn1. The van der Waals surface area contributed by atoms with Gasteiger partial charge in [-0.25, -0.2) is 9.97 Å². The second-order valence-electron chi connectivity index (χ2n) is 6.80. The van der Waals surface area contributed by atoms with E-state index in [0.29, 0.717) is 11.5 Å². The van der Waals surface area contributed by atoms with Crippen LogP contribution in [0.2, 0.25) is 0 Å². The molecule has 0 amide bonds. The maximum Gasteiger partial charge on any atom is 0.433 e.